The second-order valence-electron chi connectivity index (χ2n) is 6.27. The van der Waals surface area contributed by atoms with Gasteiger partial charge in [0.05, 0.1) is 6.20 Å². The Hall–Kier alpha value is -0.860. The van der Waals surface area contributed by atoms with Crippen LogP contribution in [0.3, 0.4) is 0 Å². The third-order valence-electron chi connectivity index (χ3n) is 4.32. The van der Waals surface area contributed by atoms with Gasteiger partial charge in [-0.25, -0.2) is 4.98 Å². The van der Waals surface area contributed by atoms with Crippen LogP contribution in [0.1, 0.15) is 84.3 Å². The van der Waals surface area contributed by atoms with Crippen LogP contribution in [0.2, 0.25) is 0 Å². The molecule has 0 saturated carbocycles. The number of rotatable bonds is 10. The zero-order chi connectivity index (χ0) is 15.0. The third-order valence-corrected chi connectivity index (χ3v) is 4.32. The standard InChI is InChI=1S/C17H31FN2/c1-5-7-9-10-11-13-17(4,12-8-6-2)20-15(3)14-19-16(20)18/h14H,5-13H2,1-4H3. The predicted octanol–water partition coefficient (Wildman–Crippen LogP) is 5.60. The summed E-state index contributed by atoms with van der Waals surface area (Å²) in [6.45, 7) is 8.58. The topological polar surface area (TPSA) is 17.8 Å². The Morgan fingerprint density at radius 3 is 2.20 bits per heavy atom. The monoisotopic (exact) mass is 282 g/mol. The summed E-state index contributed by atoms with van der Waals surface area (Å²) in [5, 5.41) is 0. The van der Waals surface area contributed by atoms with Crippen molar-refractivity contribution in [3.63, 3.8) is 0 Å². The van der Waals surface area contributed by atoms with Gasteiger partial charge in [0.15, 0.2) is 0 Å². The molecule has 0 N–H and O–H groups in total. The molecule has 0 fully saturated rings. The zero-order valence-electron chi connectivity index (χ0n) is 13.7. The quantitative estimate of drug-likeness (QED) is 0.511. The van der Waals surface area contributed by atoms with Gasteiger partial charge in [-0.3, -0.25) is 4.57 Å². The van der Waals surface area contributed by atoms with E-state index in [2.05, 4.69) is 25.8 Å². The Morgan fingerprint density at radius 2 is 1.65 bits per heavy atom. The van der Waals surface area contributed by atoms with Crippen molar-refractivity contribution in [2.45, 2.75) is 91.0 Å². The summed E-state index contributed by atoms with van der Waals surface area (Å²) in [7, 11) is 0. The number of aryl methyl sites for hydroxylation is 1. The molecule has 1 atom stereocenters. The van der Waals surface area contributed by atoms with Crippen molar-refractivity contribution in [1.29, 1.82) is 0 Å². The second kappa shape index (κ2) is 8.43. The summed E-state index contributed by atoms with van der Waals surface area (Å²) in [5.41, 5.74) is 0.821. The zero-order valence-corrected chi connectivity index (χ0v) is 13.7. The molecule has 0 amide bonds. The van der Waals surface area contributed by atoms with Crippen molar-refractivity contribution < 1.29 is 4.39 Å². The molecule has 0 saturated heterocycles. The first-order valence-electron chi connectivity index (χ1n) is 8.25. The molecule has 1 heterocycles. The highest BCUT2D eigenvalue weighted by molar-refractivity contribution is 5.02. The lowest BCUT2D eigenvalue weighted by Crippen LogP contribution is -2.32. The van der Waals surface area contributed by atoms with Crippen molar-refractivity contribution in [2.24, 2.45) is 0 Å². The van der Waals surface area contributed by atoms with Crippen LogP contribution in [0.15, 0.2) is 6.20 Å². The molecule has 0 aromatic carbocycles. The molecular formula is C17H31FN2. The molecule has 0 aliphatic rings. The molecule has 3 heteroatoms. The van der Waals surface area contributed by atoms with E-state index in [4.69, 9.17) is 0 Å². The summed E-state index contributed by atoms with van der Waals surface area (Å²) in [4.78, 5) is 3.84. The number of aromatic nitrogens is 2. The van der Waals surface area contributed by atoms with Gasteiger partial charge in [-0.15, -0.1) is 0 Å². The van der Waals surface area contributed by atoms with Crippen LogP contribution in [0.4, 0.5) is 4.39 Å². The Bertz CT molecular complexity index is 367. The van der Waals surface area contributed by atoms with E-state index in [0.717, 1.165) is 31.4 Å². The fraction of sp³-hybridized carbons (Fsp3) is 0.824. The Kier molecular flexibility index (Phi) is 7.25. The molecule has 0 bridgehead atoms. The molecule has 1 rings (SSSR count). The number of halogens is 1. The number of nitrogens with zero attached hydrogens (tertiary/aromatic N) is 2. The van der Waals surface area contributed by atoms with E-state index >= 15 is 0 Å². The van der Waals surface area contributed by atoms with E-state index in [1.54, 1.807) is 6.20 Å². The van der Waals surface area contributed by atoms with E-state index in [0.29, 0.717) is 0 Å². The van der Waals surface area contributed by atoms with Crippen LogP contribution in [0.25, 0.3) is 0 Å². The van der Waals surface area contributed by atoms with Crippen molar-refractivity contribution in [1.82, 2.24) is 9.55 Å². The predicted molar refractivity (Wildman–Crippen MR) is 83.5 cm³/mol. The SMILES string of the molecule is CCCCCCCC(C)(CCCC)n1c(C)cnc1F. The molecule has 0 spiro atoms. The van der Waals surface area contributed by atoms with Gasteiger partial charge in [0.2, 0.25) is 0 Å². The molecule has 0 radical (unpaired) electrons. The third kappa shape index (κ3) is 4.60. The van der Waals surface area contributed by atoms with Crippen LogP contribution in [0, 0.1) is 13.0 Å². The molecule has 1 aromatic heterocycles. The average Bonchev–Trinajstić information content (AvgIpc) is 2.76. The summed E-state index contributed by atoms with van der Waals surface area (Å²) in [5.74, 6) is 0. The van der Waals surface area contributed by atoms with E-state index < -0.39 is 0 Å². The fourth-order valence-corrected chi connectivity index (χ4v) is 3.07. The van der Waals surface area contributed by atoms with Gasteiger partial charge in [-0.1, -0.05) is 58.8 Å². The Morgan fingerprint density at radius 1 is 1.05 bits per heavy atom. The maximum atomic E-state index is 14.0. The molecule has 0 aliphatic heterocycles. The van der Waals surface area contributed by atoms with Crippen LogP contribution in [0.5, 0.6) is 0 Å². The lowest BCUT2D eigenvalue weighted by atomic mass is 9.88. The largest absolute Gasteiger partial charge is 0.299 e. The van der Waals surface area contributed by atoms with Crippen molar-refractivity contribution in [2.75, 3.05) is 0 Å². The van der Waals surface area contributed by atoms with E-state index in [1.165, 1.54) is 32.1 Å². The highest BCUT2D eigenvalue weighted by atomic mass is 19.1. The van der Waals surface area contributed by atoms with Gasteiger partial charge in [0, 0.05) is 11.2 Å². The Balaban J connectivity index is 2.71. The molecule has 2 nitrogen and oxygen atoms in total. The Labute approximate surface area is 123 Å². The molecule has 1 aromatic rings. The first-order valence-corrected chi connectivity index (χ1v) is 8.25. The summed E-state index contributed by atoms with van der Waals surface area (Å²) in [6.07, 6.45) is 12.0. The molecule has 0 aliphatic carbocycles. The minimum absolute atomic E-state index is 0.118. The second-order valence-corrected chi connectivity index (χ2v) is 6.27. The van der Waals surface area contributed by atoms with E-state index in [9.17, 15) is 4.39 Å². The van der Waals surface area contributed by atoms with E-state index in [1.807, 2.05) is 11.5 Å². The fourth-order valence-electron chi connectivity index (χ4n) is 3.07. The lowest BCUT2D eigenvalue weighted by Gasteiger charge is -2.33. The van der Waals surface area contributed by atoms with Crippen molar-refractivity contribution in [3.8, 4) is 0 Å². The number of unbranched alkanes of at least 4 members (excludes halogenated alkanes) is 5. The molecule has 20 heavy (non-hydrogen) atoms. The summed E-state index contributed by atoms with van der Waals surface area (Å²) < 4.78 is 15.8. The van der Waals surface area contributed by atoms with Crippen LogP contribution in [-0.2, 0) is 5.54 Å². The first-order chi connectivity index (χ1) is 9.55. The highest BCUT2D eigenvalue weighted by Crippen LogP contribution is 2.32. The maximum Gasteiger partial charge on any atom is 0.289 e. The number of hydrogen-bond donors (Lipinski definition) is 0. The minimum atomic E-state index is -0.324. The highest BCUT2D eigenvalue weighted by Gasteiger charge is 2.29. The van der Waals surface area contributed by atoms with Crippen molar-refractivity contribution >= 4 is 0 Å². The minimum Gasteiger partial charge on any atom is -0.299 e. The molecule has 116 valence electrons. The van der Waals surface area contributed by atoms with Gasteiger partial charge >= 0.3 is 0 Å². The normalized spacial score (nSPS) is 14.4. The molecule has 1 unspecified atom stereocenters. The van der Waals surface area contributed by atoms with Gasteiger partial charge in [-0.2, -0.15) is 4.39 Å². The van der Waals surface area contributed by atoms with Crippen LogP contribution < -0.4 is 0 Å². The summed E-state index contributed by atoms with van der Waals surface area (Å²) in [6, 6.07) is 0. The first kappa shape index (κ1) is 17.2. The van der Waals surface area contributed by atoms with Gasteiger partial charge in [0.25, 0.3) is 6.08 Å². The van der Waals surface area contributed by atoms with Gasteiger partial charge in [0.1, 0.15) is 0 Å². The van der Waals surface area contributed by atoms with Crippen LogP contribution >= 0.6 is 0 Å². The number of hydrogen-bond acceptors (Lipinski definition) is 1. The average molecular weight is 282 g/mol. The maximum absolute atomic E-state index is 14.0. The number of imidazole rings is 1. The van der Waals surface area contributed by atoms with E-state index in [-0.39, 0.29) is 11.6 Å². The van der Waals surface area contributed by atoms with Crippen LogP contribution in [-0.4, -0.2) is 9.55 Å². The van der Waals surface area contributed by atoms with Gasteiger partial charge in [-0.05, 0) is 26.7 Å². The van der Waals surface area contributed by atoms with Crippen molar-refractivity contribution in [3.05, 3.63) is 18.0 Å². The molecular weight excluding hydrogens is 251 g/mol. The lowest BCUT2D eigenvalue weighted by molar-refractivity contribution is 0.217. The summed E-state index contributed by atoms with van der Waals surface area (Å²) >= 11 is 0. The smallest absolute Gasteiger partial charge is 0.289 e. The van der Waals surface area contributed by atoms with Gasteiger partial charge < -0.3 is 0 Å².